The predicted molar refractivity (Wildman–Crippen MR) is 64.3 cm³/mol. The molecular weight excluding hydrogens is 336 g/mol. The first-order chi connectivity index (χ1) is 10.2. The Kier molecular flexibility index (Phi) is 4.71. The van der Waals surface area contributed by atoms with Crippen molar-refractivity contribution in [1.82, 2.24) is 10.3 Å². The maximum atomic E-state index is 12.5. The van der Waals surface area contributed by atoms with Gasteiger partial charge in [-0.1, -0.05) is 0 Å². The second-order valence-corrected chi connectivity index (χ2v) is 4.75. The molecule has 0 radical (unpaired) electrons. The Labute approximate surface area is 124 Å². The minimum atomic E-state index is -5.05. The number of alkyl halides is 6. The highest BCUT2D eigenvalue weighted by Crippen LogP contribution is 2.36. The highest BCUT2D eigenvalue weighted by atomic mass is 19.4. The summed E-state index contributed by atoms with van der Waals surface area (Å²) >= 11 is 0. The molecule has 0 bridgehead atoms. The Bertz CT molecular complexity index is 612. The number of carbonyl (C=O) groups is 1. The normalized spacial score (nSPS) is 15.1. The van der Waals surface area contributed by atoms with Gasteiger partial charge in [-0.15, -0.1) is 0 Å². The van der Waals surface area contributed by atoms with Gasteiger partial charge in [-0.3, -0.25) is 4.79 Å². The van der Waals surface area contributed by atoms with Crippen LogP contribution < -0.4 is 11.1 Å². The van der Waals surface area contributed by atoms with Gasteiger partial charge >= 0.3 is 12.4 Å². The van der Waals surface area contributed by atoms with Crippen molar-refractivity contribution in [2.45, 2.75) is 24.9 Å². The molecule has 0 saturated carbocycles. The number of amides is 1. The first kappa shape index (κ1) is 18.8. The minimum absolute atomic E-state index is 0.221. The highest BCUT2D eigenvalue weighted by Gasteiger charge is 2.50. The van der Waals surface area contributed by atoms with Gasteiger partial charge in [0.15, 0.2) is 11.3 Å². The number of hydrogen-bond acceptors (Lipinski definition) is 5. The third-order valence-electron chi connectivity index (χ3n) is 2.76. The van der Waals surface area contributed by atoms with Crippen molar-refractivity contribution in [3.63, 3.8) is 0 Å². The molecule has 130 valence electrons. The Morgan fingerprint density at radius 3 is 2.26 bits per heavy atom. The lowest BCUT2D eigenvalue weighted by molar-refractivity contribution is -0.249. The van der Waals surface area contributed by atoms with Crippen LogP contribution in [0.1, 0.15) is 23.0 Å². The quantitative estimate of drug-likeness (QED) is 0.619. The number of nitrogens with zero attached hydrogens (tertiary/aromatic N) is 1. The van der Waals surface area contributed by atoms with E-state index in [2.05, 4.69) is 4.98 Å². The summed E-state index contributed by atoms with van der Waals surface area (Å²) in [5.74, 6) is -2.95. The molecule has 1 aromatic rings. The maximum Gasteiger partial charge on any atom is 0.421 e. The molecule has 23 heavy (non-hydrogen) atoms. The molecule has 0 spiro atoms. The summed E-state index contributed by atoms with van der Waals surface area (Å²) in [6.07, 6.45) is -10.0. The van der Waals surface area contributed by atoms with Gasteiger partial charge < -0.3 is 21.3 Å². The Morgan fingerprint density at radius 1 is 1.30 bits per heavy atom. The second kappa shape index (κ2) is 5.76. The van der Waals surface area contributed by atoms with Crippen LogP contribution >= 0.6 is 0 Å². The van der Waals surface area contributed by atoms with E-state index < -0.39 is 53.2 Å². The maximum absolute atomic E-state index is 12.5. The van der Waals surface area contributed by atoms with Gasteiger partial charge in [0.2, 0.25) is 5.88 Å². The summed E-state index contributed by atoms with van der Waals surface area (Å²) in [5, 5.41) is 19.9. The Morgan fingerprint density at radius 2 is 1.83 bits per heavy atom. The van der Waals surface area contributed by atoms with Crippen LogP contribution in [-0.4, -0.2) is 39.4 Å². The van der Waals surface area contributed by atoms with E-state index in [0.29, 0.717) is 6.92 Å². The van der Waals surface area contributed by atoms with E-state index in [1.165, 1.54) is 0 Å². The number of halogens is 6. The van der Waals surface area contributed by atoms with Crippen LogP contribution in [0.25, 0.3) is 0 Å². The fraction of sp³-hybridized carbons (Fsp3) is 0.455. The van der Waals surface area contributed by atoms with Crippen molar-refractivity contribution in [2.75, 3.05) is 12.3 Å². The number of rotatable bonds is 3. The van der Waals surface area contributed by atoms with Crippen LogP contribution in [0.3, 0.4) is 0 Å². The van der Waals surface area contributed by atoms with Gasteiger partial charge in [0, 0.05) is 0 Å². The van der Waals surface area contributed by atoms with Gasteiger partial charge in [0.25, 0.3) is 5.91 Å². The summed E-state index contributed by atoms with van der Waals surface area (Å²) in [4.78, 5) is 14.6. The van der Waals surface area contributed by atoms with Crippen LogP contribution in [-0.2, 0) is 6.18 Å². The highest BCUT2D eigenvalue weighted by molar-refractivity contribution is 5.97. The first-order valence-corrected chi connectivity index (χ1v) is 5.81. The molecule has 0 fully saturated rings. The Hall–Kier alpha value is -2.24. The van der Waals surface area contributed by atoms with E-state index in [0.717, 1.165) is 0 Å². The topological polar surface area (TPSA) is 108 Å². The van der Waals surface area contributed by atoms with Crippen LogP contribution in [0.15, 0.2) is 6.07 Å². The lowest BCUT2D eigenvalue weighted by Gasteiger charge is -2.26. The standard InChI is InChI=1S/C11H11F6N3O3/c1-9(23,11(15,16)17)3-19-8(22)6-5(18)2-4(7(21)20-6)10(12,13)14/h2,23H,3,18H2,1H3,(H,19,22)(H,20,21). The lowest BCUT2D eigenvalue weighted by Crippen LogP contribution is -2.51. The number of pyridine rings is 1. The van der Waals surface area contributed by atoms with Crippen molar-refractivity contribution in [3.8, 4) is 5.88 Å². The van der Waals surface area contributed by atoms with E-state index in [-0.39, 0.29) is 6.07 Å². The number of hydrogen-bond donors (Lipinski definition) is 4. The minimum Gasteiger partial charge on any atom is -0.493 e. The third kappa shape index (κ3) is 4.15. The van der Waals surface area contributed by atoms with Gasteiger partial charge in [-0.2, -0.15) is 26.3 Å². The van der Waals surface area contributed by atoms with Crippen molar-refractivity contribution < 1.29 is 41.4 Å². The second-order valence-electron chi connectivity index (χ2n) is 4.75. The summed E-state index contributed by atoms with van der Waals surface area (Å²) in [6.45, 7) is -0.910. The zero-order valence-electron chi connectivity index (χ0n) is 11.4. The SMILES string of the molecule is CC(O)(CNC(=O)c1nc(O)c(C(F)(F)F)cc1N)C(F)(F)F. The fourth-order valence-electron chi connectivity index (χ4n) is 1.35. The number of aromatic nitrogens is 1. The number of carbonyl (C=O) groups excluding carboxylic acids is 1. The number of aromatic hydroxyl groups is 1. The van der Waals surface area contributed by atoms with Gasteiger partial charge in [-0.25, -0.2) is 4.98 Å². The average molecular weight is 347 g/mol. The molecule has 1 aromatic heterocycles. The fourth-order valence-corrected chi connectivity index (χ4v) is 1.35. The summed E-state index contributed by atoms with van der Waals surface area (Å²) < 4.78 is 74.7. The Balaban J connectivity index is 3.01. The molecule has 0 saturated heterocycles. The van der Waals surface area contributed by atoms with Gasteiger partial charge in [-0.05, 0) is 13.0 Å². The molecule has 5 N–H and O–H groups in total. The smallest absolute Gasteiger partial charge is 0.421 e. The molecule has 1 unspecified atom stereocenters. The van der Waals surface area contributed by atoms with Crippen molar-refractivity contribution in [3.05, 3.63) is 17.3 Å². The van der Waals surface area contributed by atoms with Crippen LogP contribution in [0.5, 0.6) is 5.88 Å². The molecule has 0 aliphatic heterocycles. The van der Waals surface area contributed by atoms with Crippen LogP contribution in [0.4, 0.5) is 32.0 Å². The van der Waals surface area contributed by atoms with Gasteiger partial charge in [0.1, 0.15) is 5.56 Å². The van der Waals surface area contributed by atoms with E-state index in [4.69, 9.17) is 15.9 Å². The van der Waals surface area contributed by atoms with E-state index in [1.807, 2.05) is 0 Å². The molecule has 1 rings (SSSR count). The molecule has 0 aromatic carbocycles. The molecule has 6 nitrogen and oxygen atoms in total. The number of aliphatic hydroxyl groups is 1. The molecule has 0 aliphatic carbocycles. The van der Waals surface area contributed by atoms with Crippen molar-refractivity contribution in [2.24, 2.45) is 0 Å². The predicted octanol–water partition coefficient (Wildman–Crippen LogP) is 1.43. The number of nitrogens with one attached hydrogen (secondary N) is 1. The molecular formula is C11H11F6N3O3. The van der Waals surface area contributed by atoms with Crippen LogP contribution in [0, 0.1) is 0 Å². The largest absolute Gasteiger partial charge is 0.493 e. The summed E-state index contributed by atoms with van der Waals surface area (Å²) in [7, 11) is 0. The average Bonchev–Trinajstić information content (AvgIpc) is 2.35. The van der Waals surface area contributed by atoms with Gasteiger partial charge in [0.05, 0.1) is 12.2 Å². The zero-order chi connectivity index (χ0) is 18.2. The molecule has 1 heterocycles. The summed E-state index contributed by atoms with van der Waals surface area (Å²) in [6, 6.07) is 0.221. The summed E-state index contributed by atoms with van der Waals surface area (Å²) in [5.41, 5.74) is -1.40. The van der Waals surface area contributed by atoms with E-state index in [9.17, 15) is 31.1 Å². The molecule has 12 heteroatoms. The lowest BCUT2D eigenvalue weighted by atomic mass is 10.1. The number of nitrogen functional groups attached to an aromatic ring is 1. The molecule has 0 aliphatic rings. The number of nitrogens with two attached hydrogens (primary N) is 1. The monoisotopic (exact) mass is 347 g/mol. The molecule has 1 atom stereocenters. The van der Waals surface area contributed by atoms with Crippen LogP contribution in [0.2, 0.25) is 0 Å². The van der Waals surface area contributed by atoms with Crippen molar-refractivity contribution in [1.29, 1.82) is 0 Å². The number of anilines is 1. The van der Waals surface area contributed by atoms with Crippen molar-refractivity contribution >= 4 is 11.6 Å². The third-order valence-corrected chi connectivity index (χ3v) is 2.76. The first-order valence-electron chi connectivity index (χ1n) is 5.81. The van der Waals surface area contributed by atoms with E-state index >= 15 is 0 Å². The van der Waals surface area contributed by atoms with E-state index in [1.54, 1.807) is 5.32 Å². The zero-order valence-corrected chi connectivity index (χ0v) is 11.4. The molecule has 1 amide bonds.